The highest BCUT2D eigenvalue weighted by Gasteiger charge is 2.25. The van der Waals surface area contributed by atoms with Gasteiger partial charge in [-0.1, -0.05) is 12.1 Å². The second kappa shape index (κ2) is 9.78. The highest BCUT2D eigenvalue weighted by Crippen LogP contribution is 2.25. The summed E-state index contributed by atoms with van der Waals surface area (Å²) in [5.74, 6) is 1.78. The number of rotatable bonds is 9. The molecule has 2 heterocycles. The summed E-state index contributed by atoms with van der Waals surface area (Å²) in [7, 11) is 0. The summed E-state index contributed by atoms with van der Waals surface area (Å²) in [5, 5.41) is 3.05. The molecule has 140 valence electrons. The van der Waals surface area contributed by atoms with Crippen LogP contribution >= 0.6 is 15.9 Å². The number of ether oxygens (including phenoxy) is 1. The third kappa shape index (κ3) is 5.35. The lowest BCUT2D eigenvalue weighted by atomic mass is 10.2. The smallest absolute Gasteiger partial charge is 0.220 e. The molecule has 3 rings (SSSR count). The van der Waals surface area contributed by atoms with E-state index < -0.39 is 0 Å². The van der Waals surface area contributed by atoms with E-state index in [-0.39, 0.29) is 11.9 Å². The molecule has 1 saturated heterocycles. The Bertz CT molecular complexity index is 684. The fourth-order valence-corrected chi connectivity index (χ4v) is 3.62. The molecule has 2 aromatic rings. The van der Waals surface area contributed by atoms with E-state index >= 15 is 0 Å². The molecule has 26 heavy (non-hydrogen) atoms. The van der Waals surface area contributed by atoms with Crippen LogP contribution in [-0.4, -0.2) is 37.0 Å². The highest BCUT2D eigenvalue weighted by atomic mass is 79.9. The van der Waals surface area contributed by atoms with Crippen molar-refractivity contribution >= 4 is 21.8 Å². The zero-order chi connectivity index (χ0) is 18.2. The van der Waals surface area contributed by atoms with Gasteiger partial charge in [0.15, 0.2) is 0 Å². The maximum Gasteiger partial charge on any atom is 0.220 e. The summed E-state index contributed by atoms with van der Waals surface area (Å²) >= 11 is 3.45. The van der Waals surface area contributed by atoms with Crippen LogP contribution in [0.1, 0.15) is 37.5 Å². The topological polar surface area (TPSA) is 54.7 Å². The van der Waals surface area contributed by atoms with E-state index in [4.69, 9.17) is 9.15 Å². The number of carbonyl (C=O) groups excluding carboxylic acids is 1. The van der Waals surface area contributed by atoms with E-state index in [1.54, 1.807) is 6.26 Å². The average Bonchev–Trinajstić information content (AvgIpc) is 3.35. The first-order valence-electron chi connectivity index (χ1n) is 9.15. The van der Waals surface area contributed by atoms with Gasteiger partial charge in [-0.2, -0.15) is 0 Å². The fraction of sp³-hybridized carbons (Fsp3) is 0.450. The van der Waals surface area contributed by atoms with Gasteiger partial charge in [-0.3, -0.25) is 9.69 Å². The van der Waals surface area contributed by atoms with Gasteiger partial charge in [-0.05, 0) is 72.5 Å². The Morgan fingerprint density at radius 2 is 2.04 bits per heavy atom. The number of benzene rings is 1. The molecule has 1 aromatic heterocycles. The average molecular weight is 421 g/mol. The van der Waals surface area contributed by atoms with Crippen LogP contribution in [0, 0.1) is 0 Å². The molecule has 6 heteroatoms. The van der Waals surface area contributed by atoms with Crippen LogP contribution in [-0.2, 0) is 4.79 Å². The maximum absolute atomic E-state index is 12.2. The Morgan fingerprint density at radius 1 is 1.23 bits per heavy atom. The van der Waals surface area contributed by atoms with Gasteiger partial charge in [-0.25, -0.2) is 0 Å². The molecule has 1 atom stereocenters. The molecule has 0 aliphatic carbocycles. The molecular formula is C20H25BrN2O3. The summed E-state index contributed by atoms with van der Waals surface area (Å²) in [5.41, 5.74) is 0. The summed E-state index contributed by atoms with van der Waals surface area (Å²) in [6, 6.07) is 11.7. The number of carbonyl (C=O) groups is 1. The van der Waals surface area contributed by atoms with E-state index in [2.05, 4.69) is 26.1 Å². The Labute approximate surface area is 162 Å². The fourth-order valence-electron chi connectivity index (χ4n) is 3.22. The molecule has 1 amide bonds. The molecule has 1 aliphatic heterocycles. The standard InChI is InChI=1S/C20H25BrN2O3/c21-16-7-1-2-8-18(16)25-14-6-10-20(24)22-15-17(19-9-5-13-26-19)23-11-3-4-12-23/h1-2,5,7-9,13,17H,3-4,6,10-12,14-15H2,(H,22,24). The van der Waals surface area contributed by atoms with Gasteiger partial charge in [0.25, 0.3) is 0 Å². The monoisotopic (exact) mass is 420 g/mol. The molecule has 1 aliphatic rings. The largest absolute Gasteiger partial charge is 0.492 e. The van der Waals surface area contributed by atoms with E-state index in [1.807, 2.05) is 36.4 Å². The summed E-state index contributed by atoms with van der Waals surface area (Å²) in [4.78, 5) is 14.6. The van der Waals surface area contributed by atoms with Gasteiger partial charge in [-0.15, -0.1) is 0 Å². The lowest BCUT2D eigenvalue weighted by Gasteiger charge is -2.26. The van der Waals surface area contributed by atoms with Gasteiger partial charge < -0.3 is 14.5 Å². The number of nitrogens with one attached hydrogen (secondary N) is 1. The third-order valence-corrected chi connectivity index (χ3v) is 5.24. The van der Waals surface area contributed by atoms with Crippen LogP contribution in [0.3, 0.4) is 0 Å². The van der Waals surface area contributed by atoms with Crippen molar-refractivity contribution in [2.24, 2.45) is 0 Å². The first kappa shape index (κ1) is 19.0. The predicted octanol–water partition coefficient (Wildman–Crippen LogP) is 4.15. The first-order valence-corrected chi connectivity index (χ1v) is 9.95. The van der Waals surface area contributed by atoms with Crippen molar-refractivity contribution in [3.8, 4) is 5.75 Å². The molecular weight excluding hydrogens is 396 g/mol. The van der Waals surface area contributed by atoms with Crippen LogP contribution in [0.2, 0.25) is 0 Å². The molecule has 0 bridgehead atoms. The second-order valence-corrected chi connectivity index (χ2v) is 7.32. The van der Waals surface area contributed by atoms with E-state index in [1.165, 1.54) is 12.8 Å². The molecule has 1 N–H and O–H groups in total. The van der Waals surface area contributed by atoms with Gasteiger partial charge in [0.2, 0.25) is 5.91 Å². The van der Waals surface area contributed by atoms with Crippen molar-refractivity contribution in [3.05, 3.63) is 52.9 Å². The van der Waals surface area contributed by atoms with Crippen LogP contribution in [0.15, 0.2) is 51.6 Å². The zero-order valence-electron chi connectivity index (χ0n) is 14.8. The number of para-hydroxylation sites is 1. The Morgan fingerprint density at radius 3 is 2.77 bits per heavy atom. The molecule has 0 spiro atoms. The van der Waals surface area contributed by atoms with Crippen molar-refractivity contribution in [1.82, 2.24) is 10.2 Å². The SMILES string of the molecule is O=C(CCCOc1ccccc1Br)NCC(c1ccco1)N1CCCC1. The number of halogens is 1. The quantitative estimate of drug-likeness (QED) is 0.618. The van der Waals surface area contributed by atoms with Gasteiger partial charge in [0.1, 0.15) is 11.5 Å². The minimum absolute atomic E-state index is 0.0523. The number of furan rings is 1. The zero-order valence-corrected chi connectivity index (χ0v) is 16.4. The van der Waals surface area contributed by atoms with E-state index in [0.29, 0.717) is 26.0 Å². The van der Waals surface area contributed by atoms with Crippen LogP contribution in [0.4, 0.5) is 0 Å². The molecule has 1 aromatic carbocycles. The van der Waals surface area contributed by atoms with Crippen LogP contribution in [0.5, 0.6) is 5.75 Å². The Hall–Kier alpha value is -1.79. The molecule has 0 radical (unpaired) electrons. The number of likely N-dealkylation sites (tertiary alicyclic amines) is 1. The van der Waals surface area contributed by atoms with Gasteiger partial charge in [0.05, 0.1) is 23.4 Å². The first-order chi connectivity index (χ1) is 12.7. The van der Waals surface area contributed by atoms with Crippen LogP contribution in [0.25, 0.3) is 0 Å². The van der Waals surface area contributed by atoms with E-state index in [0.717, 1.165) is 29.1 Å². The Kier molecular flexibility index (Phi) is 7.14. The third-order valence-electron chi connectivity index (χ3n) is 4.59. The number of hydrogen-bond acceptors (Lipinski definition) is 4. The Balaban J connectivity index is 1.40. The molecule has 1 unspecified atom stereocenters. The lowest BCUT2D eigenvalue weighted by molar-refractivity contribution is -0.121. The number of amides is 1. The summed E-state index contributed by atoms with van der Waals surface area (Å²) < 4.78 is 12.2. The minimum atomic E-state index is 0.0523. The maximum atomic E-state index is 12.2. The predicted molar refractivity (Wildman–Crippen MR) is 104 cm³/mol. The van der Waals surface area contributed by atoms with E-state index in [9.17, 15) is 4.79 Å². The molecule has 1 fully saturated rings. The normalized spacial score (nSPS) is 15.7. The number of nitrogens with zero attached hydrogens (tertiary/aromatic N) is 1. The highest BCUT2D eigenvalue weighted by molar-refractivity contribution is 9.10. The van der Waals surface area contributed by atoms with Crippen molar-refractivity contribution in [3.63, 3.8) is 0 Å². The minimum Gasteiger partial charge on any atom is -0.492 e. The van der Waals surface area contributed by atoms with Crippen molar-refractivity contribution < 1.29 is 13.9 Å². The van der Waals surface area contributed by atoms with Crippen LogP contribution < -0.4 is 10.1 Å². The van der Waals surface area contributed by atoms with Crippen molar-refractivity contribution in [2.45, 2.75) is 31.7 Å². The van der Waals surface area contributed by atoms with Crippen molar-refractivity contribution in [2.75, 3.05) is 26.2 Å². The summed E-state index contributed by atoms with van der Waals surface area (Å²) in [6.45, 7) is 3.21. The molecule has 0 saturated carbocycles. The van der Waals surface area contributed by atoms with Gasteiger partial charge >= 0.3 is 0 Å². The van der Waals surface area contributed by atoms with Gasteiger partial charge in [0, 0.05) is 13.0 Å². The molecule has 5 nitrogen and oxygen atoms in total. The second-order valence-electron chi connectivity index (χ2n) is 6.46. The summed E-state index contributed by atoms with van der Waals surface area (Å²) in [6.07, 6.45) is 5.24. The number of hydrogen-bond donors (Lipinski definition) is 1. The van der Waals surface area contributed by atoms with Crippen molar-refractivity contribution in [1.29, 1.82) is 0 Å². The lowest BCUT2D eigenvalue weighted by Crippen LogP contribution is -2.36.